The molecule has 4 nitrogen and oxygen atoms in total. The second-order valence-corrected chi connectivity index (χ2v) is 5.79. The van der Waals surface area contributed by atoms with Crippen LogP contribution in [-0.2, 0) is 9.53 Å². The molecule has 0 aromatic rings. The number of likely N-dealkylation sites (tertiary alicyclic amines) is 1. The zero-order valence-corrected chi connectivity index (χ0v) is 12.9. The van der Waals surface area contributed by atoms with Gasteiger partial charge >= 0.3 is 12.1 Å². The fourth-order valence-electron chi connectivity index (χ4n) is 2.73. The highest BCUT2D eigenvalue weighted by molar-refractivity contribution is 5.69. The lowest BCUT2D eigenvalue weighted by Crippen LogP contribution is -2.53. The third kappa shape index (κ3) is 6.65. The van der Waals surface area contributed by atoms with E-state index >= 15 is 0 Å². The molecular weight excluding hydrogens is 285 g/mol. The number of halogens is 3. The van der Waals surface area contributed by atoms with Gasteiger partial charge in [-0.3, -0.25) is 9.69 Å². The second kappa shape index (κ2) is 7.98. The van der Waals surface area contributed by atoms with E-state index < -0.39 is 12.7 Å². The molecule has 0 saturated carbocycles. The molecule has 1 aliphatic rings. The molecule has 124 valence electrons. The number of esters is 1. The first-order valence-electron chi connectivity index (χ1n) is 7.36. The van der Waals surface area contributed by atoms with E-state index in [0.29, 0.717) is 19.0 Å². The summed E-state index contributed by atoms with van der Waals surface area (Å²) in [6, 6.07) is 0.0460. The molecule has 1 heterocycles. The van der Waals surface area contributed by atoms with Crippen LogP contribution in [0.5, 0.6) is 0 Å². The fraction of sp³-hybridized carbons (Fsp3) is 0.929. The van der Waals surface area contributed by atoms with Crippen molar-refractivity contribution in [3.8, 4) is 0 Å². The molecule has 0 spiro atoms. The van der Waals surface area contributed by atoms with E-state index in [1.807, 2.05) is 6.92 Å². The van der Waals surface area contributed by atoms with Gasteiger partial charge in [0, 0.05) is 31.6 Å². The Morgan fingerprint density at radius 2 is 2.10 bits per heavy atom. The minimum absolute atomic E-state index is 0.0333. The summed E-state index contributed by atoms with van der Waals surface area (Å²) in [6.07, 6.45) is -2.46. The molecule has 1 fully saturated rings. The maximum Gasteiger partial charge on any atom is 0.401 e. The number of nitrogens with one attached hydrogen (secondary N) is 1. The van der Waals surface area contributed by atoms with Crippen LogP contribution in [0.4, 0.5) is 13.2 Å². The van der Waals surface area contributed by atoms with Gasteiger partial charge in [0.05, 0.1) is 13.7 Å². The first kappa shape index (κ1) is 18.2. The molecule has 21 heavy (non-hydrogen) atoms. The van der Waals surface area contributed by atoms with Gasteiger partial charge in [-0.15, -0.1) is 0 Å². The lowest BCUT2D eigenvalue weighted by atomic mass is 9.90. The number of alkyl halides is 3. The maximum atomic E-state index is 12.3. The molecule has 0 aromatic carbocycles. The van der Waals surface area contributed by atoms with Crippen molar-refractivity contribution in [3.63, 3.8) is 0 Å². The topological polar surface area (TPSA) is 41.6 Å². The molecular formula is C14H25F3N2O2. The zero-order valence-electron chi connectivity index (χ0n) is 12.9. The molecule has 7 heteroatoms. The van der Waals surface area contributed by atoms with Crippen LogP contribution in [-0.4, -0.2) is 55.9 Å². The number of carbonyl (C=O) groups is 1. The van der Waals surface area contributed by atoms with Crippen LogP contribution in [0.25, 0.3) is 0 Å². The molecule has 1 N–H and O–H groups in total. The molecule has 1 aliphatic heterocycles. The van der Waals surface area contributed by atoms with E-state index in [2.05, 4.69) is 21.9 Å². The highest BCUT2D eigenvalue weighted by atomic mass is 19.4. The van der Waals surface area contributed by atoms with Gasteiger partial charge in [-0.05, 0) is 25.7 Å². The number of rotatable bonds is 6. The number of hydrogen-bond donors (Lipinski definition) is 1. The zero-order chi connectivity index (χ0) is 16.0. The van der Waals surface area contributed by atoms with Gasteiger partial charge in [0.2, 0.25) is 0 Å². The highest BCUT2D eigenvalue weighted by Gasteiger charge is 2.33. The SMILES string of the molecule is CCC(C)N1CC(CC(=O)OC)CC(NCC(F)(F)F)C1. The van der Waals surface area contributed by atoms with Crippen molar-refractivity contribution in [1.82, 2.24) is 10.2 Å². The number of piperidine rings is 1. The summed E-state index contributed by atoms with van der Waals surface area (Å²) < 4.78 is 41.7. The van der Waals surface area contributed by atoms with Gasteiger partial charge in [-0.25, -0.2) is 0 Å². The summed E-state index contributed by atoms with van der Waals surface area (Å²) in [5.41, 5.74) is 0. The summed E-state index contributed by atoms with van der Waals surface area (Å²) in [7, 11) is 1.33. The minimum Gasteiger partial charge on any atom is -0.469 e. The van der Waals surface area contributed by atoms with Gasteiger partial charge in [-0.2, -0.15) is 13.2 Å². The molecule has 0 aromatic heterocycles. The summed E-state index contributed by atoms with van der Waals surface area (Å²) in [6.45, 7) is 4.43. The lowest BCUT2D eigenvalue weighted by Gasteiger charge is -2.41. The van der Waals surface area contributed by atoms with Crippen LogP contribution in [0.1, 0.15) is 33.1 Å². The number of ether oxygens (including phenoxy) is 1. The molecule has 1 saturated heterocycles. The van der Waals surface area contributed by atoms with Crippen LogP contribution in [0.3, 0.4) is 0 Å². The van der Waals surface area contributed by atoms with Gasteiger partial charge in [0.15, 0.2) is 0 Å². The third-order valence-corrected chi connectivity index (χ3v) is 4.05. The highest BCUT2D eigenvalue weighted by Crippen LogP contribution is 2.24. The monoisotopic (exact) mass is 310 g/mol. The van der Waals surface area contributed by atoms with Crippen LogP contribution < -0.4 is 5.32 Å². The number of hydrogen-bond acceptors (Lipinski definition) is 4. The largest absolute Gasteiger partial charge is 0.469 e. The summed E-state index contributed by atoms with van der Waals surface area (Å²) in [5.74, 6) is -0.272. The molecule has 3 atom stereocenters. The summed E-state index contributed by atoms with van der Waals surface area (Å²) in [5, 5.41) is 2.57. The molecule has 0 amide bonds. The Hall–Kier alpha value is -0.820. The lowest BCUT2D eigenvalue weighted by molar-refractivity contribution is -0.142. The van der Waals surface area contributed by atoms with Crippen LogP contribution in [0.15, 0.2) is 0 Å². The number of methoxy groups -OCH3 is 1. The van der Waals surface area contributed by atoms with Crippen LogP contribution in [0, 0.1) is 5.92 Å². The molecule has 3 unspecified atom stereocenters. The van der Waals surface area contributed by atoms with E-state index in [1.54, 1.807) is 0 Å². The summed E-state index contributed by atoms with van der Waals surface area (Å²) >= 11 is 0. The van der Waals surface area contributed by atoms with E-state index in [9.17, 15) is 18.0 Å². The Kier molecular flexibility index (Phi) is 6.93. The van der Waals surface area contributed by atoms with Crippen molar-refractivity contribution < 1.29 is 22.7 Å². The Labute approximate surface area is 124 Å². The smallest absolute Gasteiger partial charge is 0.401 e. The average molecular weight is 310 g/mol. The van der Waals surface area contributed by atoms with E-state index in [0.717, 1.165) is 13.0 Å². The molecule has 0 aliphatic carbocycles. The van der Waals surface area contributed by atoms with Gasteiger partial charge < -0.3 is 10.1 Å². The molecule has 0 bridgehead atoms. The predicted molar refractivity (Wildman–Crippen MR) is 73.9 cm³/mol. The standard InChI is InChI=1S/C14H25F3N2O2/c1-4-10(2)19-7-11(6-13(20)21-3)5-12(8-19)18-9-14(15,16)17/h10-12,18H,4-9H2,1-3H3. The first-order chi connectivity index (χ1) is 9.75. The van der Waals surface area contributed by atoms with Crippen LogP contribution >= 0.6 is 0 Å². The second-order valence-electron chi connectivity index (χ2n) is 5.79. The first-order valence-corrected chi connectivity index (χ1v) is 7.36. The van der Waals surface area contributed by atoms with Gasteiger partial charge in [0.25, 0.3) is 0 Å². The quantitative estimate of drug-likeness (QED) is 0.764. The van der Waals surface area contributed by atoms with Crippen LogP contribution in [0.2, 0.25) is 0 Å². The summed E-state index contributed by atoms with van der Waals surface area (Å²) in [4.78, 5) is 13.6. The number of nitrogens with zero attached hydrogens (tertiary/aromatic N) is 1. The Morgan fingerprint density at radius 1 is 1.43 bits per heavy atom. The van der Waals surface area contributed by atoms with Crippen molar-refractivity contribution in [2.24, 2.45) is 5.92 Å². The van der Waals surface area contributed by atoms with Crippen molar-refractivity contribution in [3.05, 3.63) is 0 Å². The van der Waals surface area contributed by atoms with E-state index in [4.69, 9.17) is 0 Å². The van der Waals surface area contributed by atoms with Gasteiger partial charge in [-0.1, -0.05) is 6.92 Å². The van der Waals surface area contributed by atoms with E-state index in [-0.39, 0.29) is 24.3 Å². The number of carbonyl (C=O) groups excluding carboxylic acids is 1. The molecule has 0 radical (unpaired) electrons. The van der Waals surface area contributed by atoms with E-state index in [1.165, 1.54) is 7.11 Å². The maximum absolute atomic E-state index is 12.3. The van der Waals surface area contributed by atoms with Crippen molar-refractivity contribution in [2.45, 2.75) is 51.4 Å². The minimum atomic E-state index is -4.21. The predicted octanol–water partition coefficient (Wildman–Crippen LogP) is 2.19. The third-order valence-electron chi connectivity index (χ3n) is 4.05. The van der Waals surface area contributed by atoms with Crippen molar-refractivity contribution >= 4 is 5.97 Å². The Bertz CT molecular complexity index is 337. The van der Waals surface area contributed by atoms with Gasteiger partial charge in [0.1, 0.15) is 0 Å². The Balaban J connectivity index is 2.63. The fourth-order valence-corrected chi connectivity index (χ4v) is 2.73. The van der Waals surface area contributed by atoms with Crippen molar-refractivity contribution in [1.29, 1.82) is 0 Å². The average Bonchev–Trinajstić information content (AvgIpc) is 2.43. The van der Waals surface area contributed by atoms with Crippen molar-refractivity contribution in [2.75, 3.05) is 26.7 Å². The normalized spacial score (nSPS) is 25.6. The molecule has 1 rings (SSSR count). The Morgan fingerprint density at radius 3 is 2.62 bits per heavy atom.